The SMILES string of the molecule is Cc1ccccc1CNC(=O)CN1C(C)CCCC1CO. The summed E-state index contributed by atoms with van der Waals surface area (Å²) in [6.45, 7) is 5.26. The number of hydrogen-bond donors (Lipinski definition) is 2. The van der Waals surface area contributed by atoms with Gasteiger partial charge in [-0.1, -0.05) is 30.7 Å². The third-order valence-corrected chi connectivity index (χ3v) is 4.47. The molecule has 4 nitrogen and oxygen atoms in total. The van der Waals surface area contributed by atoms with Gasteiger partial charge in [-0.05, 0) is 37.8 Å². The van der Waals surface area contributed by atoms with E-state index in [4.69, 9.17) is 0 Å². The van der Waals surface area contributed by atoms with Gasteiger partial charge in [0, 0.05) is 18.6 Å². The summed E-state index contributed by atoms with van der Waals surface area (Å²) in [4.78, 5) is 14.3. The Balaban J connectivity index is 1.87. The first-order chi connectivity index (χ1) is 10.1. The molecular formula is C17H26N2O2. The summed E-state index contributed by atoms with van der Waals surface area (Å²) >= 11 is 0. The van der Waals surface area contributed by atoms with Crippen molar-refractivity contribution in [3.63, 3.8) is 0 Å². The lowest BCUT2D eigenvalue weighted by molar-refractivity contribution is -0.124. The highest BCUT2D eigenvalue weighted by atomic mass is 16.3. The summed E-state index contributed by atoms with van der Waals surface area (Å²) in [5, 5.41) is 12.5. The normalized spacial score (nSPS) is 23.0. The molecule has 116 valence electrons. The van der Waals surface area contributed by atoms with Gasteiger partial charge in [0.25, 0.3) is 0 Å². The van der Waals surface area contributed by atoms with E-state index < -0.39 is 0 Å². The smallest absolute Gasteiger partial charge is 0.234 e. The minimum absolute atomic E-state index is 0.0328. The van der Waals surface area contributed by atoms with E-state index in [0.29, 0.717) is 19.1 Å². The monoisotopic (exact) mass is 290 g/mol. The molecule has 0 spiro atoms. The van der Waals surface area contributed by atoms with Gasteiger partial charge in [0.1, 0.15) is 0 Å². The highest BCUT2D eigenvalue weighted by molar-refractivity contribution is 5.78. The van der Waals surface area contributed by atoms with Crippen molar-refractivity contribution in [2.45, 2.75) is 51.7 Å². The van der Waals surface area contributed by atoms with Crippen LogP contribution in [0.2, 0.25) is 0 Å². The van der Waals surface area contributed by atoms with Crippen LogP contribution in [0.1, 0.15) is 37.3 Å². The van der Waals surface area contributed by atoms with Crippen molar-refractivity contribution in [3.8, 4) is 0 Å². The van der Waals surface area contributed by atoms with Gasteiger partial charge < -0.3 is 10.4 Å². The van der Waals surface area contributed by atoms with E-state index in [1.54, 1.807) is 0 Å². The van der Waals surface area contributed by atoms with Crippen LogP contribution >= 0.6 is 0 Å². The van der Waals surface area contributed by atoms with Crippen LogP contribution in [0.25, 0.3) is 0 Å². The predicted octanol–water partition coefficient (Wildman–Crippen LogP) is 1.85. The van der Waals surface area contributed by atoms with Crippen molar-refractivity contribution < 1.29 is 9.90 Å². The fraction of sp³-hybridized carbons (Fsp3) is 0.588. The molecule has 1 aromatic carbocycles. The Bertz CT molecular complexity index is 476. The zero-order valence-corrected chi connectivity index (χ0v) is 13.0. The van der Waals surface area contributed by atoms with Crippen LogP contribution in [0.15, 0.2) is 24.3 Å². The average Bonchev–Trinajstić information content (AvgIpc) is 2.48. The zero-order valence-electron chi connectivity index (χ0n) is 13.0. The largest absolute Gasteiger partial charge is 0.395 e. The number of rotatable bonds is 5. The Labute approximate surface area is 127 Å². The van der Waals surface area contributed by atoms with E-state index in [1.165, 1.54) is 5.56 Å². The van der Waals surface area contributed by atoms with Crippen molar-refractivity contribution >= 4 is 5.91 Å². The van der Waals surface area contributed by atoms with Crippen LogP contribution in [0, 0.1) is 6.92 Å². The van der Waals surface area contributed by atoms with Crippen molar-refractivity contribution in [1.29, 1.82) is 0 Å². The van der Waals surface area contributed by atoms with Gasteiger partial charge in [-0.2, -0.15) is 0 Å². The standard InChI is InChI=1S/C17H26N2O2/c1-13-6-3-4-8-15(13)10-18-17(21)11-19-14(2)7-5-9-16(19)12-20/h3-4,6,8,14,16,20H,5,7,9-12H2,1-2H3,(H,18,21). The molecule has 1 aromatic rings. The Kier molecular flexibility index (Phi) is 5.76. The molecule has 1 fully saturated rings. The first-order valence-corrected chi connectivity index (χ1v) is 7.79. The molecule has 21 heavy (non-hydrogen) atoms. The van der Waals surface area contributed by atoms with E-state index >= 15 is 0 Å². The molecule has 1 aliphatic heterocycles. The first-order valence-electron chi connectivity index (χ1n) is 7.79. The van der Waals surface area contributed by atoms with Crippen molar-refractivity contribution in [2.24, 2.45) is 0 Å². The molecular weight excluding hydrogens is 264 g/mol. The molecule has 0 aromatic heterocycles. The maximum absolute atomic E-state index is 12.2. The third-order valence-electron chi connectivity index (χ3n) is 4.47. The number of aliphatic hydroxyl groups excluding tert-OH is 1. The topological polar surface area (TPSA) is 52.6 Å². The van der Waals surface area contributed by atoms with Crippen LogP contribution in [-0.2, 0) is 11.3 Å². The molecule has 0 saturated carbocycles. The predicted molar refractivity (Wildman–Crippen MR) is 83.9 cm³/mol. The van der Waals surface area contributed by atoms with Crippen LogP contribution in [-0.4, -0.2) is 41.1 Å². The number of amides is 1. The lowest BCUT2D eigenvalue weighted by Gasteiger charge is -2.39. The van der Waals surface area contributed by atoms with Crippen LogP contribution < -0.4 is 5.32 Å². The summed E-state index contributed by atoms with van der Waals surface area (Å²) in [5.74, 6) is 0.0328. The van der Waals surface area contributed by atoms with Crippen molar-refractivity contribution in [3.05, 3.63) is 35.4 Å². The lowest BCUT2D eigenvalue weighted by atomic mass is 9.97. The van der Waals surface area contributed by atoms with E-state index in [9.17, 15) is 9.90 Å². The molecule has 0 radical (unpaired) electrons. The molecule has 1 amide bonds. The Morgan fingerprint density at radius 1 is 1.38 bits per heavy atom. The molecule has 2 atom stereocenters. The molecule has 0 aliphatic carbocycles. The maximum atomic E-state index is 12.2. The summed E-state index contributed by atoms with van der Waals surface area (Å²) in [6, 6.07) is 8.56. The van der Waals surface area contributed by atoms with Gasteiger partial charge >= 0.3 is 0 Å². The summed E-state index contributed by atoms with van der Waals surface area (Å²) in [7, 11) is 0. The van der Waals surface area contributed by atoms with Gasteiger partial charge in [0.2, 0.25) is 5.91 Å². The second-order valence-electron chi connectivity index (χ2n) is 5.99. The van der Waals surface area contributed by atoms with Gasteiger partial charge in [0.15, 0.2) is 0 Å². The van der Waals surface area contributed by atoms with Gasteiger partial charge in [-0.3, -0.25) is 9.69 Å². The number of nitrogens with zero attached hydrogens (tertiary/aromatic N) is 1. The zero-order chi connectivity index (χ0) is 15.2. The van der Waals surface area contributed by atoms with E-state index in [-0.39, 0.29) is 18.6 Å². The minimum atomic E-state index is 0.0328. The molecule has 0 bridgehead atoms. The number of aryl methyl sites for hydroxylation is 1. The maximum Gasteiger partial charge on any atom is 0.234 e. The van der Waals surface area contributed by atoms with Gasteiger partial charge in [-0.15, -0.1) is 0 Å². The molecule has 2 N–H and O–H groups in total. The fourth-order valence-electron chi connectivity index (χ4n) is 3.05. The highest BCUT2D eigenvalue weighted by Gasteiger charge is 2.28. The number of carbonyl (C=O) groups is 1. The first kappa shape index (κ1) is 16.0. The number of hydrogen-bond acceptors (Lipinski definition) is 3. The van der Waals surface area contributed by atoms with E-state index in [2.05, 4.69) is 30.1 Å². The fourth-order valence-corrected chi connectivity index (χ4v) is 3.05. The number of benzene rings is 1. The second-order valence-corrected chi connectivity index (χ2v) is 5.99. The minimum Gasteiger partial charge on any atom is -0.395 e. The summed E-state index contributed by atoms with van der Waals surface area (Å²) in [5.41, 5.74) is 2.34. The molecule has 2 unspecified atom stereocenters. The molecule has 4 heteroatoms. The van der Waals surface area contributed by atoms with E-state index in [1.807, 2.05) is 18.2 Å². The number of nitrogens with one attached hydrogen (secondary N) is 1. The quantitative estimate of drug-likeness (QED) is 0.870. The number of carbonyl (C=O) groups excluding carboxylic acids is 1. The Hall–Kier alpha value is -1.39. The number of aliphatic hydroxyl groups is 1. The van der Waals surface area contributed by atoms with Crippen LogP contribution in [0.5, 0.6) is 0 Å². The summed E-state index contributed by atoms with van der Waals surface area (Å²) in [6.07, 6.45) is 3.21. The molecule has 1 aliphatic rings. The highest BCUT2D eigenvalue weighted by Crippen LogP contribution is 2.22. The van der Waals surface area contributed by atoms with Crippen molar-refractivity contribution in [2.75, 3.05) is 13.2 Å². The summed E-state index contributed by atoms with van der Waals surface area (Å²) < 4.78 is 0. The van der Waals surface area contributed by atoms with E-state index in [0.717, 1.165) is 24.8 Å². The lowest BCUT2D eigenvalue weighted by Crippen LogP contribution is -2.51. The number of likely N-dealkylation sites (tertiary alicyclic amines) is 1. The molecule has 1 saturated heterocycles. The Morgan fingerprint density at radius 3 is 2.86 bits per heavy atom. The van der Waals surface area contributed by atoms with Gasteiger partial charge in [0.05, 0.1) is 13.2 Å². The number of piperidine rings is 1. The Morgan fingerprint density at radius 2 is 2.14 bits per heavy atom. The molecule has 1 heterocycles. The van der Waals surface area contributed by atoms with Crippen LogP contribution in [0.4, 0.5) is 0 Å². The third kappa shape index (κ3) is 4.29. The van der Waals surface area contributed by atoms with Crippen molar-refractivity contribution in [1.82, 2.24) is 10.2 Å². The molecule has 2 rings (SSSR count). The van der Waals surface area contributed by atoms with Gasteiger partial charge in [-0.25, -0.2) is 0 Å². The average molecular weight is 290 g/mol. The second kappa shape index (κ2) is 7.57. The van der Waals surface area contributed by atoms with Crippen LogP contribution in [0.3, 0.4) is 0 Å².